The number of carboxylic acids is 1. The smallest absolute Gasteiger partial charge is 0.304 e. The lowest BCUT2D eigenvalue weighted by atomic mass is 10.1. The molecule has 1 heterocycles. The van der Waals surface area contributed by atoms with Gasteiger partial charge in [-0.1, -0.05) is 44.8 Å². The molecule has 0 aliphatic rings. The van der Waals surface area contributed by atoms with Gasteiger partial charge < -0.3 is 10.4 Å². The minimum Gasteiger partial charge on any atom is -0.481 e. The van der Waals surface area contributed by atoms with Gasteiger partial charge in [0.25, 0.3) is 0 Å². The summed E-state index contributed by atoms with van der Waals surface area (Å²) in [6.07, 6.45) is 3.93. The van der Waals surface area contributed by atoms with Crippen LogP contribution in [0.2, 0.25) is 10.0 Å². The third kappa shape index (κ3) is 8.12. The third-order valence-electron chi connectivity index (χ3n) is 2.54. The van der Waals surface area contributed by atoms with Crippen molar-refractivity contribution < 1.29 is 14.7 Å². The van der Waals surface area contributed by atoms with Crippen molar-refractivity contribution in [2.45, 2.75) is 19.3 Å². The van der Waals surface area contributed by atoms with Crippen molar-refractivity contribution in [3.63, 3.8) is 0 Å². The van der Waals surface area contributed by atoms with Gasteiger partial charge in [-0.05, 0) is 12.0 Å². The van der Waals surface area contributed by atoms with Crippen LogP contribution in [-0.4, -0.2) is 40.0 Å². The van der Waals surface area contributed by atoms with E-state index in [9.17, 15) is 9.59 Å². The molecule has 0 bridgehead atoms. The second kappa shape index (κ2) is 11.0. The lowest BCUT2D eigenvalue weighted by molar-refractivity contribution is -0.136. The van der Waals surface area contributed by atoms with Crippen LogP contribution < -0.4 is 5.32 Å². The predicted molar refractivity (Wildman–Crippen MR) is 92.8 cm³/mol. The molecule has 5 nitrogen and oxygen atoms in total. The standard InChI is InChI=1S/C13H16Cl2N2O3S2/c14-10-7-16-8-11(15)9(10)1-2-12(18)17-4-6-22-21-5-3-13(19)20/h7-8H,1-6H2,(H,17,18)(H,19,20). The number of pyridine rings is 1. The van der Waals surface area contributed by atoms with E-state index in [0.717, 1.165) is 11.3 Å². The maximum atomic E-state index is 11.7. The Balaban J connectivity index is 2.13. The summed E-state index contributed by atoms with van der Waals surface area (Å²) >= 11 is 12.0. The van der Waals surface area contributed by atoms with Crippen molar-refractivity contribution in [2.75, 3.05) is 18.1 Å². The number of nitrogens with one attached hydrogen (secondary N) is 1. The van der Waals surface area contributed by atoms with E-state index in [1.54, 1.807) is 10.8 Å². The number of carbonyl (C=O) groups excluding carboxylic acids is 1. The van der Waals surface area contributed by atoms with Crippen molar-refractivity contribution in [3.8, 4) is 0 Å². The molecule has 1 amide bonds. The molecular weight excluding hydrogens is 367 g/mol. The van der Waals surface area contributed by atoms with Gasteiger partial charge in [-0.25, -0.2) is 0 Å². The first-order chi connectivity index (χ1) is 10.5. The minimum atomic E-state index is -0.796. The summed E-state index contributed by atoms with van der Waals surface area (Å²) in [5, 5.41) is 12.2. The molecule has 1 rings (SSSR count). The fourth-order valence-electron chi connectivity index (χ4n) is 1.48. The van der Waals surface area contributed by atoms with Gasteiger partial charge in [0.1, 0.15) is 0 Å². The van der Waals surface area contributed by atoms with Gasteiger partial charge in [-0.2, -0.15) is 0 Å². The molecule has 0 aliphatic heterocycles. The number of aliphatic carboxylic acids is 1. The van der Waals surface area contributed by atoms with Crippen molar-refractivity contribution in [2.24, 2.45) is 0 Å². The summed E-state index contributed by atoms with van der Waals surface area (Å²) in [6, 6.07) is 0. The van der Waals surface area contributed by atoms with Gasteiger partial charge in [-0.3, -0.25) is 14.6 Å². The van der Waals surface area contributed by atoms with Crippen molar-refractivity contribution >= 4 is 56.7 Å². The molecule has 2 N–H and O–H groups in total. The van der Waals surface area contributed by atoms with Crippen LogP contribution in [0.3, 0.4) is 0 Å². The average molecular weight is 383 g/mol. The monoisotopic (exact) mass is 382 g/mol. The van der Waals surface area contributed by atoms with Gasteiger partial charge >= 0.3 is 5.97 Å². The van der Waals surface area contributed by atoms with Crippen molar-refractivity contribution in [1.29, 1.82) is 0 Å². The van der Waals surface area contributed by atoms with Crippen LogP contribution in [-0.2, 0) is 16.0 Å². The van der Waals surface area contributed by atoms with Gasteiger partial charge in [0, 0.05) is 36.9 Å². The van der Waals surface area contributed by atoms with E-state index in [2.05, 4.69) is 10.3 Å². The number of halogens is 2. The van der Waals surface area contributed by atoms with Crippen molar-refractivity contribution in [3.05, 3.63) is 28.0 Å². The summed E-state index contributed by atoms with van der Waals surface area (Å²) in [5.74, 6) is 0.426. The van der Waals surface area contributed by atoms with Crippen molar-refractivity contribution in [1.82, 2.24) is 10.3 Å². The number of carbonyl (C=O) groups is 2. The first kappa shape index (κ1) is 19.4. The van der Waals surface area contributed by atoms with E-state index in [4.69, 9.17) is 28.3 Å². The zero-order valence-corrected chi connectivity index (χ0v) is 14.8. The number of hydrogen-bond acceptors (Lipinski definition) is 5. The molecule has 0 aromatic carbocycles. The highest BCUT2D eigenvalue weighted by atomic mass is 35.5. The zero-order valence-electron chi connectivity index (χ0n) is 11.7. The summed E-state index contributed by atoms with van der Waals surface area (Å²) in [5.41, 5.74) is 0.729. The first-order valence-corrected chi connectivity index (χ1v) is 9.76. The van der Waals surface area contributed by atoms with Gasteiger partial charge in [0.15, 0.2) is 0 Å². The molecule has 0 atom stereocenters. The third-order valence-corrected chi connectivity index (χ3v) is 5.60. The molecule has 0 saturated carbocycles. The molecule has 22 heavy (non-hydrogen) atoms. The van der Waals surface area contributed by atoms with E-state index < -0.39 is 5.97 Å². The molecule has 0 radical (unpaired) electrons. The lowest BCUT2D eigenvalue weighted by Crippen LogP contribution is -2.25. The zero-order chi connectivity index (χ0) is 16.4. The summed E-state index contributed by atoms with van der Waals surface area (Å²) in [4.78, 5) is 25.9. The summed E-state index contributed by atoms with van der Waals surface area (Å²) < 4.78 is 0. The Morgan fingerprint density at radius 1 is 1.14 bits per heavy atom. The average Bonchev–Trinajstić information content (AvgIpc) is 2.45. The quantitative estimate of drug-likeness (QED) is 0.477. The summed E-state index contributed by atoms with van der Waals surface area (Å²) in [6.45, 7) is 0.543. The van der Waals surface area contributed by atoms with Crippen LogP contribution >= 0.6 is 44.8 Å². The highest BCUT2D eigenvalue weighted by Crippen LogP contribution is 2.24. The van der Waals surface area contributed by atoms with Gasteiger partial charge in [-0.15, -0.1) is 0 Å². The first-order valence-electron chi connectivity index (χ1n) is 6.51. The predicted octanol–water partition coefficient (Wildman–Crippen LogP) is 3.29. The van der Waals surface area contributed by atoms with Crippen LogP contribution in [0.15, 0.2) is 12.4 Å². The molecule has 0 saturated heterocycles. The van der Waals surface area contributed by atoms with E-state index >= 15 is 0 Å². The normalized spacial score (nSPS) is 10.5. The Bertz CT molecular complexity index is 498. The van der Waals surface area contributed by atoms with Crippen LogP contribution in [0, 0.1) is 0 Å². The maximum Gasteiger partial charge on any atom is 0.304 e. The van der Waals surface area contributed by atoms with Crippen LogP contribution in [0.5, 0.6) is 0 Å². The minimum absolute atomic E-state index is 0.0694. The number of nitrogens with zero attached hydrogens (tertiary/aromatic N) is 1. The van der Waals surface area contributed by atoms with Crippen LogP contribution in [0.4, 0.5) is 0 Å². The molecular formula is C13H16Cl2N2O3S2. The second-order valence-corrected chi connectivity index (χ2v) is 7.74. The van der Waals surface area contributed by atoms with E-state index in [-0.39, 0.29) is 12.3 Å². The molecule has 0 aliphatic carbocycles. The summed E-state index contributed by atoms with van der Waals surface area (Å²) in [7, 11) is 3.03. The van der Waals surface area contributed by atoms with E-state index in [0.29, 0.717) is 35.2 Å². The lowest BCUT2D eigenvalue weighted by Gasteiger charge is -2.07. The Labute approximate surface area is 146 Å². The Hall–Kier alpha value is -0.630. The maximum absolute atomic E-state index is 11.7. The van der Waals surface area contributed by atoms with E-state index in [1.807, 2.05) is 0 Å². The highest BCUT2D eigenvalue weighted by molar-refractivity contribution is 8.76. The Kier molecular flexibility index (Phi) is 9.70. The molecule has 9 heteroatoms. The molecule has 1 aromatic heterocycles. The number of rotatable bonds is 10. The Morgan fingerprint density at radius 3 is 2.41 bits per heavy atom. The second-order valence-electron chi connectivity index (χ2n) is 4.22. The number of aromatic nitrogens is 1. The number of carboxylic acid groups (broad SMARTS) is 1. The number of hydrogen-bond donors (Lipinski definition) is 2. The largest absolute Gasteiger partial charge is 0.481 e. The topological polar surface area (TPSA) is 79.3 Å². The van der Waals surface area contributed by atoms with Gasteiger partial charge in [0.2, 0.25) is 5.91 Å². The van der Waals surface area contributed by atoms with Gasteiger partial charge in [0.05, 0.1) is 16.5 Å². The fraction of sp³-hybridized carbons (Fsp3) is 0.462. The molecule has 0 spiro atoms. The van der Waals surface area contributed by atoms with Crippen LogP contribution in [0.1, 0.15) is 18.4 Å². The van der Waals surface area contributed by atoms with E-state index in [1.165, 1.54) is 23.2 Å². The molecule has 1 aromatic rings. The molecule has 122 valence electrons. The van der Waals surface area contributed by atoms with Crippen LogP contribution in [0.25, 0.3) is 0 Å². The highest BCUT2D eigenvalue weighted by Gasteiger charge is 2.09. The molecule has 0 fully saturated rings. The Morgan fingerprint density at radius 2 is 1.77 bits per heavy atom. The SMILES string of the molecule is O=C(O)CCSSCCNC(=O)CCc1c(Cl)cncc1Cl. The molecule has 0 unspecified atom stereocenters. The fourth-order valence-corrected chi connectivity index (χ4v) is 3.92. The number of amides is 1.